The second-order valence-corrected chi connectivity index (χ2v) is 25.4. The SMILES string of the molecule is CC/C=C\C/C=C\C/C=C\C/C=C\C/C=C\C/C=C\C/C=C\CCCCCCCCCCCC(=O)OC(CO)COC(=O)CCCCCCCCCCCCCCCCCCCCCCCCCCCCCCCCCCCCCCCCCC. The molecule has 0 aliphatic rings. The second kappa shape index (κ2) is 75.3. The molecule has 0 saturated heterocycles. The number of carbonyl (C=O) groups excluding carboxylic acids is 2. The Hall–Kier alpha value is -2.92. The first kappa shape index (κ1) is 82.1. The van der Waals surface area contributed by atoms with Gasteiger partial charge in [0.15, 0.2) is 6.10 Å². The average molecular weight is 1190 g/mol. The smallest absolute Gasteiger partial charge is 0.306 e. The predicted octanol–water partition coefficient (Wildman–Crippen LogP) is 26.4. The second-order valence-electron chi connectivity index (χ2n) is 25.4. The number of hydrogen-bond donors (Lipinski definition) is 1. The molecule has 494 valence electrons. The molecule has 0 spiro atoms. The standard InChI is InChI=1S/C80H144O5/c1-3-5-7-9-11-13-15-17-19-21-23-25-27-29-31-33-35-36-37-38-39-40-41-42-43-45-46-48-50-52-54-56-58-60-62-64-66-68-70-72-74-79(82)84-77-78(76-81)85-80(83)75-73-71-69-67-65-63-61-59-57-55-53-51-49-47-44-34-32-30-28-26-24-22-20-18-16-14-12-10-8-6-4-2/h6,8,12,14,18,20,24,26,30,32,44,47,51,53,78,81H,3-5,7,9-11,13,15-17,19,21-23,25,27-29,31,33-43,45-46,48-50,52,54-77H2,1-2H3/b8-6-,14-12-,20-18-,26-24-,32-30-,47-44-,53-51-. The maximum Gasteiger partial charge on any atom is 0.306 e. The first-order chi connectivity index (χ1) is 42.1. The van der Waals surface area contributed by atoms with Gasteiger partial charge in [0, 0.05) is 12.8 Å². The summed E-state index contributed by atoms with van der Waals surface area (Å²) >= 11 is 0. The molecular formula is C80H144O5. The van der Waals surface area contributed by atoms with Gasteiger partial charge in [-0.3, -0.25) is 9.59 Å². The molecule has 0 bridgehead atoms. The number of aliphatic hydroxyl groups excluding tert-OH is 1. The monoisotopic (exact) mass is 1190 g/mol. The molecule has 5 heteroatoms. The molecule has 0 heterocycles. The molecule has 0 aromatic heterocycles. The van der Waals surface area contributed by atoms with Crippen molar-refractivity contribution in [3.63, 3.8) is 0 Å². The molecule has 0 aromatic carbocycles. The fraction of sp³-hybridized carbons (Fsp3) is 0.800. The highest BCUT2D eigenvalue weighted by atomic mass is 16.6. The van der Waals surface area contributed by atoms with E-state index in [0.717, 1.165) is 89.9 Å². The highest BCUT2D eigenvalue weighted by molar-refractivity contribution is 5.70. The molecule has 0 saturated carbocycles. The van der Waals surface area contributed by atoms with E-state index in [4.69, 9.17) is 9.47 Å². The van der Waals surface area contributed by atoms with E-state index in [2.05, 4.69) is 98.9 Å². The lowest BCUT2D eigenvalue weighted by Crippen LogP contribution is -2.28. The maximum atomic E-state index is 12.4. The molecule has 0 aliphatic carbocycles. The quantitative estimate of drug-likeness (QED) is 0.0373. The number of aliphatic hydroxyl groups is 1. The minimum Gasteiger partial charge on any atom is -0.462 e. The van der Waals surface area contributed by atoms with Crippen LogP contribution in [0.5, 0.6) is 0 Å². The molecular weight excluding hydrogens is 1040 g/mol. The molecule has 0 aromatic rings. The van der Waals surface area contributed by atoms with E-state index in [1.165, 1.54) is 276 Å². The lowest BCUT2D eigenvalue weighted by molar-refractivity contribution is -0.161. The van der Waals surface area contributed by atoms with E-state index in [9.17, 15) is 14.7 Å². The largest absolute Gasteiger partial charge is 0.462 e. The van der Waals surface area contributed by atoms with Crippen LogP contribution in [0.15, 0.2) is 85.1 Å². The molecule has 0 rings (SSSR count). The van der Waals surface area contributed by atoms with Crippen LogP contribution in [0, 0.1) is 0 Å². The number of hydrogen-bond acceptors (Lipinski definition) is 5. The zero-order valence-electron chi connectivity index (χ0n) is 56.9. The van der Waals surface area contributed by atoms with E-state index >= 15 is 0 Å². The fourth-order valence-corrected chi connectivity index (χ4v) is 11.4. The van der Waals surface area contributed by atoms with Gasteiger partial charge in [-0.05, 0) is 70.6 Å². The van der Waals surface area contributed by atoms with Crippen molar-refractivity contribution >= 4 is 11.9 Å². The van der Waals surface area contributed by atoms with Crippen molar-refractivity contribution in [2.24, 2.45) is 0 Å². The fourth-order valence-electron chi connectivity index (χ4n) is 11.4. The molecule has 0 amide bonds. The van der Waals surface area contributed by atoms with Crippen molar-refractivity contribution in [3.8, 4) is 0 Å². The Morgan fingerprint density at radius 2 is 0.506 bits per heavy atom. The number of allylic oxidation sites excluding steroid dienone is 14. The number of rotatable bonds is 70. The number of esters is 2. The van der Waals surface area contributed by atoms with Crippen molar-refractivity contribution < 1.29 is 24.2 Å². The highest BCUT2D eigenvalue weighted by Gasteiger charge is 2.16. The zero-order chi connectivity index (χ0) is 61.2. The summed E-state index contributed by atoms with van der Waals surface area (Å²) in [7, 11) is 0. The molecule has 1 N–H and O–H groups in total. The Morgan fingerprint density at radius 3 is 0.765 bits per heavy atom. The summed E-state index contributed by atoms with van der Waals surface area (Å²) in [6, 6.07) is 0. The Morgan fingerprint density at radius 1 is 0.282 bits per heavy atom. The minimum absolute atomic E-state index is 0.0680. The summed E-state index contributed by atoms with van der Waals surface area (Å²) in [5, 5.41) is 9.71. The number of carbonyl (C=O) groups is 2. The van der Waals surface area contributed by atoms with Crippen LogP contribution in [0.3, 0.4) is 0 Å². The molecule has 5 nitrogen and oxygen atoms in total. The van der Waals surface area contributed by atoms with Gasteiger partial charge in [-0.1, -0.05) is 394 Å². The molecule has 0 fully saturated rings. The van der Waals surface area contributed by atoms with Crippen molar-refractivity contribution in [3.05, 3.63) is 85.1 Å². The van der Waals surface area contributed by atoms with Gasteiger partial charge in [-0.2, -0.15) is 0 Å². The van der Waals surface area contributed by atoms with E-state index in [0.29, 0.717) is 12.8 Å². The summed E-state index contributed by atoms with van der Waals surface area (Å²) in [4.78, 5) is 24.7. The van der Waals surface area contributed by atoms with Crippen LogP contribution in [0.25, 0.3) is 0 Å². The Bertz CT molecular complexity index is 1530. The summed E-state index contributed by atoms with van der Waals surface area (Å²) in [6.45, 7) is 4.07. The molecule has 1 atom stereocenters. The van der Waals surface area contributed by atoms with Crippen LogP contribution in [0.1, 0.15) is 393 Å². The maximum absolute atomic E-state index is 12.4. The van der Waals surface area contributed by atoms with Gasteiger partial charge in [0.05, 0.1) is 6.61 Å². The topological polar surface area (TPSA) is 72.8 Å². The summed E-state index contributed by atoms with van der Waals surface area (Å²) in [6.07, 6.45) is 107. The van der Waals surface area contributed by atoms with Gasteiger partial charge in [-0.25, -0.2) is 0 Å². The van der Waals surface area contributed by atoms with Crippen molar-refractivity contribution in [2.75, 3.05) is 13.2 Å². The Balaban J connectivity index is 3.42. The van der Waals surface area contributed by atoms with Crippen LogP contribution < -0.4 is 0 Å². The third-order valence-corrected chi connectivity index (χ3v) is 17.0. The van der Waals surface area contributed by atoms with Gasteiger partial charge in [0.25, 0.3) is 0 Å². The van der Waals surface area contributed by atoms with Crippen molar-refractivity contribution in [2.45, 2.75) is 399 Å². The lowest BCUT2D eigenvalue weighted by Gasteiger charge is -2.15. The van der Waals surface area contributed by atoms with Crippen LogP contribution in [0.2, 0.25) is 0 Å². The van der Waals surface area contributed by atoms with Gasteiger partial charge < -0.3 is 14.6 Å². The third-order valence-electron chi connectivity index (χ3n) is 17.0. The minimum atomic E-state index is -0.781. The number of ether oxygens (including phenoxy) is 2. The van der Waals surface area contributed by atoms with Crippen molar-refractivity contribution in [1.29, 1.82) is 0 Å². The third kappa shape index (κ3) is 73.5. The summed E-state index contributed by atoms with van der Waals surface area (Å²) < 4.78 is 10.8. The molecule has 0 radical (unpaired) electrons. The van der Waals surface area contributed by atoms with Gasteiger partial charge in [-0.15, -0.1) is 0 Å². The predicted molar refractivity (Wildman–Crippen MR) is 376 cm³/mol. The summed E-state index contributed by atoms with van der Waals surface area (Å²) in [5.41, 5.74) is 0. The van der Waals surface area contributed by atoms with E-state index in [1.807, 2.05) is 0 Å². The van der Waals surface area contributed by atoms with Crippen LogP contribution in [-0.4, -0.2) is 36.4 Å². The first-order valence-electron chi connectivity index (χ1n) is 37.6. The Labute approximate surface area is 530 Å². The Kier molecular flexibility index (Phi) is 72.7. The highest BCUT2D eigenvalue weighted by Crippen LogP contribution is 2.19. The van der Waals surface area contributed by atoms with E-state index in [-0.39, 0.29) is 25.2 Å². The van der Waals surface area contributed by atoms with Crippen molar-refractivity contribution in [1.82, 2.24) is 0 Å². The van der Waals surface area contributed by atoms with Crippen LogP contribution in [0.4, 0.5) is 0 Å². The summed E-state index contributed by atoms with van der Waals surface area (Å²) in [5.74, 6) is -0.584. The van der Waals surface area contributed by atoms with Gasteiger partial charge >= 0.3 is 11.9 Å². The van der Waals surface area contributed by atoms with E-state index in [1.54, 1.807) is 0 Å². The van der Waals surface area contributed by atoms with E-state index < -0.39 is 6.10 Å². The average Bonchev–Trinajstić information content (AvgIpc) is 3.51. The molecule has 85 heavy (non-hydrogen) atoms. The normalized spacial score (nSPS) is 12.6. The van der Waals surface area contributed by atoms with Crippen LogP contribution in [-0.2, 0) is 19.1 Å². The van der Waals surface area contributed by atoms with Gasteiger partial charge in [0.1, 0.15) is 6.61 Å². The number of unbranched alkanes of at least 4 members (excludes halogenated alkanes) is 48. The first-order valence-corrected chi connectivity index (χ1v) is 37.6. The zero-order valence-corrected chi connectivity index (χ0v) is 56.9. The van der Waals surface area contributed by atoms with Crippen LogP contribution >= 0.6 is 0 Å². The lowest BCUT2D eigenvalue weighted by atomic mass is 10.0. The molecule has 0 aliphatic heterocycles. The van der Waals surface area contributed by atoms with Gasteiger partial charge in [0.2, 0.25) is 0 Å². The molecule has 1 unspecified atom stereocenters.